The largest absolute Gasteiger partial charge is 0.478 e. The topological polar surface area (TPSA) is 57.6 Å². The molecule has 6 heteroatoms. The number of aromatic carboxylic acids is 1. The molecule has 1 aliphatic rings. The molecule has 1 aliphatic heterocycles. The van der Waals surface area contributed by atoms with E-state index in [1.54, 1.807) is 6.08 Å². The standard InChI is InChI=1S/C13H11BrFNO3/c1-2-7-5-10(17)16(6-7)12-8(13(18)19)3-4-9(14)11(12)15/h2-4,7H,1,5-6H2,(H,18,19). The lowest BCUT2D eigenvalue weighted by atomic mass is 10.1. The van der Waals surface area contributed by atoms with Gasteiger partial charge < -0.3 is 10.0 Å². The minimum atomic E-state index is -1.27. The number of amides is 1. The third-order valence-corrected chi connectivity index (χ3v) is 3.67. The number of carbonyl (C=O) groups is 2. The van der Waals surface area contributed by atoms with Crippen LogP contribution in [0.25, 0.3) is 0 Å². The van der Waals surface area contributed by atoms with E-state index in [1.807, 2.05) is 0 Å². The third kappa shape index (κ3) is 2.40. The van der Waals surface area contributed by atoms with Crippen LogP contribution in [-0.2, 0) is 4.79 Å². The van der Waals surface area contributed by atoms with E-state index >= 15 is 0 Å². The van der Waals surface area contributed by atoms with Gasteiger partial charge in [-0.25, -0.2) is 9.18 Å². The van der Waals surface area contributed by atoms with Crippen LogP contribution in [0.3, 0.4) is 0 Å². The summed E-state index contributed by atoms with van der Waals surface area (Å²) in [5.41, 5.74) is -0.407. The van der Waals surface area contributed by atoms with E-state index < -0.39 is 11.8 Å². The first kappa shape index (κ1) is 13.7. The molecule has 1 saturated heterocycles. The van der Waals surface area contributed by atoms with Gasteiger partial charge in [-0.2, -0.15) is 0 Å². The van der Waals surface area contributed by atoms with Crippen molar-refractivity contribution in [2.75, 3.05) is 11.4 Å². The van der Waals surface area contributed by atoms with Gasteiger partial charge in [-0.3, -0.25) is 4.79 Å². The molecule has 1 amide bonds. The van der Waals surface area contributed by atoms with Gasteiger partial charge in [0, 0.05) is 18.9 Å². The maximum atomic E-state index is 14.1. The van der Waals surface area contributed by atoms with Crippen molar-refractivity contribution in [3.8, 4) is 0 Å². The number of benzene rings is 1. The van der Waals surface area contributed by atoms with E-state index in [1.165, 1.54) is 17.0 Å². The zero-order valence-electron chi connectivity index (χ0n) is 9.90. The zero-order chi connectivity index (χ0) is 14.2. The van der Waals surface area contributed by atoms with Crippen molar-refractivity contribution in [3.05, 3.63) is 40.6 Å². The SMILES string of the molecule is C=CC1CC(=O)N(c2c(C(=O)O)ccc(Br)c2F)C1. The maximum Gasteiger partial charge on any atom is 0.337 e. The number of hydrogen-bond acceptors (Lipinski definition) is 2. The summed E-state index contributed by atoms with van der Waals surface area (Å²) in [4.78, 5) is 24.2. The highest BCUT2D eigenvalue weighted by atomic mass is 79.9. The molecule has 1 heterocycles. The van der Waals surface area contributed by atoms with Crippen molar-refractivity contribution in [1.29, 1.82) is 0 Å². The van der Waals surface area contributed by atoms with Gasteiger partial charge in [0.05, 0.1) is 15.7 Å². The summed E-state index contributed by atoms with van der Waals surface area (Å²) in [6.45, 7) is 3.85. The quantitative estimate of drug-likeness (QED) is 0.868. The Labute approximate surface area is 117 Å². The first-order valence-electron chi connectivity index (χ1n) is 5.60. The first-order valence-corrected chi connectivity index (χ1v) is 6.39. The van der Waals surface area contributed by atoms with Gasteiger partial charge in [0.2, 0.25) is 5.91 Å². The molecule has 2 rings (SSSR count). The number of carboxylic acids is 1. The highest BCUT2D eigenvalue weighted by Crippen LogP contribution is 2.34. The van der Waals surface area contributed by atoms with Crippen LogP contribution in [0.15, 0.2) is 29.3 Å². The molecule has 19 heavy (non-hydrogen) atoms. The fraction of sp³-hybridized carbons (Fsp3) is 0.231. The Hall–Kier alpha value is -1.69. The molecule has 1 aromatic rings. The smallest absolute Gasteiger partial charge is 0.337 e. The molecule has 0 spiro atoms. The normalized spacial score (nSPS) is 18.7. The number of halogens is 2. The van der Waals surface area contributed by atoms with E-state index in [2.05, 4.69) is 22.5 Å². The van der Waals surface area contributed by atoms with Gasteiger partial charge in [-0.15, -0.1) is 6.58 Å². The minimum absolute atomic E-state index is 0.0903. The van der Waals surface area contributed by atoms with E-state index in [0.29, 0.717) is 0 Å². The summed E-state index contributed by atoms with van der Waals surface area (Å²) in [7, 11) is 0. The molecule has 1 atom stereocenters. The predicted molar refractivity (Wildman–Crippen MR) is 71.7 cm³/mol. The number of carboxylic acid groups (broad SMARTS) is 1. The molecule has 1 aromatic carbocycles. The third-order valence-electron chi connectivity index (χ3n) is 3.06. The van der Waals surface area contributed by atoms with E-state index in [9.17, 15) is 14.0 Å². The average molecular weight is 328 g/mol. The predicted octanol–water partition coefficient (Wildman–Crippen LogP) is 2.83. The Balaban J connectivity index is 2.55. The summed E-state index contributed by atoms with van der Waals surface area (Å²) < 4.78 is 14.3. The second kappa shape index (κ2) is 5.13. The van der Waals surface area contributed by atoms with E-state index in [4.69, 9.17) is 5.11 Å². The van der Waals surface area contributed by atoms with Crippen molar-refractivity contribution in [2.45, 2.75) is 6.42 Å². The molecule has 1 unspecified atom stereocenters. The molecular formula is C13H11BrFNO3. The monoisotopic (exact) mass is 327 g/mol. The van der Waals surface area contributed by atoms with Gasteiger partial charge in [-0.1, -0.05) is 6.08 Å². The van der Waals surface area contributed by atoms with Crippen molar-refractivity contribution < 1.29 is 19.1 Å². The molecule has 0 aliphatic carbocycles. The number of nitrogens with zero attached hydrogens (tertiary/aromatic N) is 1. The molecular weight excluding hydrogens is 317 g/mol. The van der Waals surface area contributed by atoms with Crippen molar-refractivity contribution in [2.24, 2.45) is 5.92 Å². The maximum absolute atomic E-state index is 14.1. The Morgan fingerprint density at radius 1 is 1.58 bits per heavy atom. The van der Waals surface area contributed by atoms with Gasteiger partial charge in [0.25, 0.3) is 0 Å². The summed E-state index contributed by atoms with van der Waals surface area (Å²) in [6.07, 6.45) is 1.84. The van der Waals surface area contributed by atoms with E-state index in [-0.39, 0.29) is 40.5 Å². The summed E-state index contributed by atoms with van der Waals surface area (Å²) in [5.74, 6) is -2.40. The second-order valence-corrected chi connectivity index (χ2v) is 5.12. The molecule has 0 radical (unpaired) electrons. The zero-order valence-corrected chi connectivity index (χ0v) is 11.5. The molecule has 1 fully saturated rings. The second-order valence-electron chi connectivity index (χ2n) is 4.27. The lowest BCUT2D eigenvalue weighted by Gasteiger charge is -2.20. The van der Waals surface area contributed by atoms with Crippen LogP contribution < -0.4 is 4.90 Å². The van der Waals surface area contributed by atoms with Crippen LogP contribution in [0.1, 0.15) is 16.8 Å². The van der Waals surface area contributed by atoms with Crippen LogP contribution >= 0.6 is 15.9 Å². The number of hydrogen-bond donors (Lipinski definition) is 1. The molecule has 1 N–H and O–H groups in total. The van der Waals surface area contributed by atoms with Crippen molar-refractivity contribution >= 4 is 33.5 Å². The van der Waals surface area contributed by atoms with Crippen LogP contribution in [0.2, 0.25) is 0 Å². The van der Waals surface area contributed by atoms with E-state index in [0.717, 1.165) is 0 Å². The van der Waals surface area contributed by atoms with Crippen molar-refractivity contribution in [1.82, 2.24) is 0 Å². The highest BCUT2D eigenvalue weighted by Gasteiger charge is 2.33. The van der Waals surface area contributed by atoms with Gasteiger partial charge in [0.15, 0.2) is 5.82 Å². The Bertz CT molecular complexity index is 573. The lowest BCUT2D eigenvalue weighted by molar-refractivity contribution is -0.117. The fourth-order valence-corrected chi connectivity index (χ4v) is 2.41. The van der Waals surface area contributed by atoms with Crippen LogP contribution in [-0.4, -0.2) is 23.5 Å². The molecule has 4 nitrogen and oxygen atoms in total. The Kier molecular flexibility index (Phi) is 3.71. The lowest BCUT2D eigenvalue weighted by Crippen LogP contribution is -2.27. The van der Waals surface area contributed by atoms with Crippen LogP contribution in [0, 0.1) is 11.7 Å². The number of carbonyl (C=O) groups excluding carboxylic acids is 1. The van der Waals surface area contributed by atoms with Gasteiger partial charge in [0.1, 0.15) is 0 Å². The van der Waals surface area contributed by atoms with Gasteiger partial charge in [-0.05, 0) is 28.1 Å². The first-order chi connectivity index (χ1) is 8.95. The highest BCUT2D eigenvalue weighted by molar-refractivity contribution is 9.10. The minimum Gasteiger partial charge on any atom is -0.478 e. The van der Waals surface area contributed by atoms with Crippen LogP contribution in [0.4, 0.5) is 10.1 Å². The number of anilines is 1. The van der Waals surface area contributed by atoms with Crippen LogP contribution in [0.5, 0.6) is 0 Å². The average Bonchev–Trinajstić information content (AvgIpc) is 2.73. The van der Waals surface area contributed by atoms with Crippen molar-refractivity contribution in [3.63, 3.8) is 0 Å². The summed E-state index contributed by atoms with van der Waals surface area (Å²) in [5, 5.41) is 9.11. The number of rotatable bonds is 3. The molecule has 100 valence electrons. The Morgan fingerprint density at radius 3 is 2.79 bits per heavy atom. The van der Waals surface area contributed by atoms with Gasteiger partial charge >= 0.3 is 5.97 Å². The molecule has 0 saturated carbocycles. The Morgan fingerprint density at radius 2 is 2.26 bits per heavy atom. The fourth-order valence-electron chi connectivity index (χ4n) is 2.09. The molecule has 0 aromatic heterocycles. The molecule has 0 bridgehead atoms. The summed E-state index contributed by atoms with van der Waals surface area (Å²) in [6, 6.07) is 2.59. The summed E-state index contributed by atoms with van der Waals surface area (Å²) >= 11 is 3.00.